The van der Waals surface area contributed by atoms with Gasteiger partial charge in [0.05, 0.1) is 6.21 Å². The number of hydrogen-bond acceptors (Lipinski definition) is 2. The lowest BCUT2D eigenvalue weighted by Gasteiger charge is -2.36. The Labute approximate surface area is 120 Å². The fraction of sp³-hybridized carbons (Fsp3) is 0.471. The van der Waals surface area contributed by atoms with E-state index in [1.165, 1.54) is 41.4 Å². The molecule has 0 aliphatic carbocycles. The molecule has 0 saturated carbocycles. The largest absolute Gasteiger partial charge is 0.358 e. The molecule has 0 radical (unpaired) electrons. The highest BCUT2D eigenvalue weighted by Crippen LogP contribution is 2.24. The number of hydrazone groups is 1. The van der Waals surface area contributed by atoms with Crippen molar-refractivity contribution in [1.82, 2.24) is 9.99 Å². The van der Waals surface area contributed by atoms with Gasteiger partial charge in [0, 0.05) is 34.2 Å². The minimum absolute atomic E-state index is 0.542. The van der Waals surface area contributed by atoms with E-state index >= 15 is 0 Å². The predicted octanol–water partition coefficient (Wildman–Crippen LogP) is 4.07. The van der Waals surface area contributed by atoms with Gasteiger partial charge in [0.1, 0.15) is 0 Å². The van der Waals surface area contributed by atoms with Crippen molar-refractivity contribution < 1.29 is 0 Å². The van der Waals surface area contributed by atoms with E-state index in [1.807, 2.05) is 6.21 Å². The second-order valence-electron chi connectivity index (χ2n) is 5.96. The molecule has 106 valence electrons. The van der Waals surface area contributed by atoms with Crippen molar-refractivity contribution in [3.05, 3.63) is 35.5 Å². The smallest absolute Gasteiger partial charge is 0.0567 e. The number of aromatic amines is 1. The monoisotopic (exact) mass is 269 g/mol. The molecule has 2 heterocycles. The van der Waals surface area contributed by atoms with Crippen molar-refractivity contribution in [1.29, 1.82) is 0 Å². The summed E-state index contributed by atoms with van der Waals surface area (Å²) in [5.41, 5.74) is 3.59. The summed E-state index contributed by atoms with van der Waals surface area (Å²) < 4.78 is 0. The maximum atomic E-state index is 4.79. The standard InChI is InChI=1S/C17H23N3/c1-12-7-6-8-13(2)20(12)18-11-16-14(3)19-17-10-5-4-9-15(16)17/h4-5,9-13,19H,6-8H2,1-3H3/b18-11+/t12-,13-/m0/s1. The Balaban J connectivity index is 1.92. The Bertz CT molecular complexity index is 616. The molecule has 2 atom stereocenters. The molecular weight excluding hydrogens is 246 g/mol. The van der Waals surface area contributed by atoms with Crippen LogP contribution in [-0.4, -0.2) is 28.3 Å². The molecule has 1 saturated heterocycles. The highest BCUT2D eigenvalue weighted by atomic mass is 15.5. The van der Waals surface area contributed by atoms with Crippen molar-refractivity contribution in [2.75, 3.05) is 0 Å². The average molecular weight is 269 g/mol. The lowest BCUT2D eigenvalue weighted by atomic mass is 10.00. The Kier molecular flexibility index (Phi) is 3.51. The first-order chi connectivity index (χ1) is 9.66. The first kappa shape index (κ1) is 13.2. The Morgan fingerprint density at radius 3 is 2.65 bits per heavy atom. The van der Waals surface area contributed by atoms with Crippen LogP contribution >= 0.6 is 0 Å². The van der Waals surface area contributed by atoms with E-state index in [1.54, 1.807) is 0 Å². The van der Waals surface area contributed by atoms with Gasteiger partial charge in [-0.25, -0.2) is 0 Å². The van der Waals surface area contributed by atoms with Gasteiger partial charge in [-0.1, -0.05) is 18.2 Å². The summed E-state index contributed by atoms with van der Waals surface area (Å²) in [6, 6.07) is 9.50. The van der Waals surface area contributed by atoms with Crippen LogP contribution in [0.1, 0.15) is 44.4 Å². The molecule has 1 N–H and O–H groups in total. The summed E-state index contributed by atoms with van der Waals surface area (Å²) in [7, 11) is 0. The minimum atomic E-state index is 0.542. The second kappa shape index (κ2) is 5.31. The molecule has 3 nitrogen and oxygen atoms in total. The molecule has 3 heteroatoms. The van der Waals surface area contributed by atoms with Crippen molar-refractivity contribution in [2.24, 2.45) is 5.10 Å². The van der Waals surface area contributed by atoms with Gasteiger partial charge < -0.3 is 4.98 Å². The molecule has 0 spiro atoms. The Morgan fingerprint density at radius 1 is 1.20 bits per heavy atom. The van der Waals surface area contributed by atoms with Gasteiger partial charge >= 0.3 is 0 Å². The van der Waals surface area contributed by atoms with E-state index in [9.17, 15) is 0 Å². The van der Waals surface area contributed by atoms with Gasteiger partial charge in [-0.05, 0) is 46.1 Å². The topological polar surface area (TPSA) is 31.4 Å². The summed E-state index contributed by atoms with van der Waals surface area (Å²) >= 11 is 0. The number of nitrogens with zero attached hydrogens (tertiary/aromatic N) is 2. The summed E-state index contributed by atoms with van der Waals surface area (Å²) in [4.78, 5) is 3.43. The molecule has 20 heavy (non-hydrogen) atoms. The van der Waals surface area contributed by atoms with E-state index in [0.717, 1.165) is 0 Å². The van der Waals surface area contributed by atoms with Crippen LogP contribution in [0.15, 0.2) is 29.4 Å². The third-order valence-corrected chi connectivity index (χ3v) is 4.41. The third kappa shape index (κ3) is 2.33. The van der Waals surface area contributed by atoms with Crippen molar-refractivity contribution >= 4 is 17.1 Å². The second-order valence-corrected chi connectivity index (χ2v) is 5.96. The first-order valence-electron chi connectivity index (χ1n) is 7.56. The number of piperidine rings is 1. The zero-order chi connectivity index (χ0) is 14.1. The number of rotatable bonds is 2. The molecule has 1 aliphatic heterocycles. The fourth-order valence-corrected chi connectivity index (χ4v) is 3.22. The van der Waals surface area contributed by atoms with Gasteiger partial charge in [-0.15, -0.1) is 0 Å². The van der Waals surface area contributed by atoms with Gasteiger partial charge in [-0.3, -0.25) is 5.01 Å². The van der Waals surface area contributed by atoms with Crippen LogP contribution in [0.2, 0.25) is 0 Å². The van der Waals surface area contributed by atoms with Crippen molar-refractivity contribution in [3.8, 4) is 0 Å². The minimum Gasteiger partial charge on any atom is -0.358 e. The molecule has 1 aromatic heterocycles. The fourth-order valence-electron chi connectivity index (χ4n) is 3.22. The predicted molar refractivity (Wildman–Crippen MR) is 85.2 cm³/mol. The van der Waals surface area contributed by atoms with Crippen LogP contribution in [0.5, 0.6) is 0 Å². The number of aryl methyl sites for hydroxylation is 1. The van der Waals surface area contributed by atoms with Crippen LogP contribution in [0, 0.1) is 6.92 Å². The summed E-state index contributed by atoms with van der Waals surface area (Å²) in [5.74, 6) is 0. The van der Waals surface area contributed by atoms with Crippen molar-refractivity contribution in [2.45, 2.75) is 52.1 Å². The number of hydrogen-bond donors (Lipinski definition) is 1. The molecule has 0 amide bonds. The van der Waals surface area contributed by atoms with Crippen molar-refractivity contribution in [3.63, 3.8) is 0 Å². The zero-order valence-corrected chi connectivity index (χ0v) is 12.6. The lowest BCUT2D eigenvalue weighted by molar-refractivity contribution is 0.109. The van der Waals surface area contributed by atoms with Gasteiger partial charge in [0.2, 0.25) is 0 Å². The maximum absolute atomic E-state index is 4.79. The number of fused-ring (bicyclic) bond motifs is 1. The Morgan fingerprint density at radius 2 is 1.90 bits per heavy atom. The number of nitrogens with one attached hydrogen (secondary N) is 1. The number of aromatic nitrogens is 1. The van der Waals surface area contributed by atoms with Crippen LogP contribution in [-0.2, 0) is 0 Å². The van der Waals surface area contributed by atoms with Crippen LogP contribution in [0.4, 0.5) is 0 Å². The van der Waals surface area contributed by atoms with Crippen LogP contribution < -0.4 is 0 Å². The molecule has 3 rings (SSSR count). The molecule has 2 aromatic rings. The Hall–Kier alpha value is -1.77. The summed E-state index contributed by atoms with van der Waals surface area (Å²) in [5, 5.41) is 8.31. The average Bonchev–Trinajstić information content (AvgIpc) is 2.74. The molecular formula is C17H23N3. The van der Waals surface area contributed by atoms with Crippen LogP contribution in [0.3, 0.4) is 0 Å². The molecule has 0 bridgehead atoms. The lowest BCUT2D eigenvalue weighted by Crippen LogP contribution is -2.39. The molecule has 1 aliphatic rings. The number of benzene rings is 1. The SMILES string of the molecule is Cc1[nH]c2ccccc2c1/C=N/N1[C@@H](C)CCC[C@@H]1C. The van der Waals surface area contributed by atoms with E-state index in [2.05, 4.69) is 55.0 Å². The normalized spacial score (nSPS) is 23.9. The van der Waals surface area contributed by atoms with E-state index < -0.39 is 0 Å². The number of H-pyrrole nitrogens is 1. The van der Waals surface area contributed by atoms with Gasteiger partial charge in [0.15, 0.2) is 0 Å². The number of para-hydroxylation sites is 1. The van der Waals surface area contributed by atoms with E-state index in [-0.39, 0.29) is 0 Å². The quantitative estimate of drug-likeness (QED) is 0.819. The zero-order valence-electron chi connectivity index (χ0n) is 12.6. The maximum Gasteiger partial charge on any atom is 0.0567 e. The van der Waals surface area contributed by atoms with Crippen LogP contribution in [0.25, 0.3) is 10.9 Å². The van der Waals surface area contributed by atoms with Gasteiger partial charge in [0.25, 0.3) is 0 Å². The molecule has 0 unspecified atom stereocenters. The highest BCUT2D eigenvalue weighted by Gasteiger charge is 2.22. The highest BCUT2D eigenvalue weighted by molar-refractivity contribution is 6.00. The molecule has 1 fully saturated rings. The van der Waals surface area contributed by atoms with E-state index in [4.69, 9.17) is 5.10 Å². The third-order valence-electron chi connectivity index (χ3n) is 4.41. The first-order valence-corrected chi connectivity index (χ1v) is 7.56. The summed E-state index contributed by atoms with van der Waals surface area (Å²) in [6.45, 7) is 6.66. The van der Waals surface area contributed by atoms with Gasteiger partial charge in [-0.2, -0.15) is 5.10 Å². The van der Waals surface area contributed by atoms with E-state index in [0.29, 0.717) is 12.1 Å². The molecule has 1 aromatic carbocycles. The summed E-state index contributed by atoms with van der Waals surface area (Å²) in [6.07, 6.45) is 5.84.